The van der Waals surface area contributed by atoms with E-state index < -0.39 is 0 Å². The number of hydrogen-bond donors (Lipinski definition) is 2. The number of aromatic amines is 2. The van der Waals surface area contributed by atoms with Crippen LogP contribution in [0, 0.1) is 18.6 Å². The molecule has 0 saturated heterocycles. The third kappa shape index (κ3) is 4.95. The fourth-order valence-electron chi connectivity index (χ4n) is 4.22. The average molecular weight is 550 g/mol. The standard InChI is InChI=1S/C29H23N7OS2/c1-18-8-12-20(13-9-18)24-21(17-35(34-24)22-6-4-3-5-7-22)16-30-33-29-36(23-14-10-19(2)11-15-23)26-25(39-29)27(37)32-28(38)31-26/h3-17H,1-2H3,(H2,31,32,37,38)/b30-16+,33-29-. The maximum atomic E-state index is 12.7. The van der Waals surface area contributed by atoms with Crippen LogP contribution in [0.25, 0.3) is 33.0 Å². The maximum absolute atomic E-state index is 12.7. The first kappa shape index (κ1) is 24.7. The number of thiazole rings is 1. The van der Waals surface area contributed by atoms with Crippen LogP contribution in [0.1, 0.15) is 16.7 Å². The van der Waals surface area contributed by atoms with Crippen molar-refractivity contribution in [2.75, 3.05) is 0 Å². The molecule has 6 rings (SSSR count). The Bertz CT molecular complexity index is 2010. The van der Waals surface area contributed by atoms with Gasteiger partial charge in [0.05, 0.1) is 11.9 Å². The van der Waals surface area contributed by atoms with E-state index in [1.807, 2.05) is 89.1 Å². The molecule has 0 aliphatic carbocycles. The Hall–Kier alpha value is -4.67. The van der Waals surface area contributed by atoms with Crippen molar-refractivity contribution in [2.45, 2.75) is 13.8 Å². The minimum atomic E-state index is -0.268. The summed E-state index contributed by atoms with van der Waals surface area (Å²) in [6.07, 6.45) is 3.63. The third-order valence-corrected chi connectivity index (χ3v) is 7.44. The molecular weight excluding hydrogens is 527 g/mol. The smallest absolute Gasteiger partial charge is 0.271 e. The number of nitrogens with zero attached hydrogens (tertiary/aromatic N) is 5. The summed E-state index contributed by atoms with van der Waals surface area (Å²) in [6.45, 7) is 4.08. The van der Waals surface area contributed by atoms with E-state index in [4.69, 9.17) is 17.3 Å². The molecule has 3 heterocycles. The molecule has 39 heavy (non-hydrogen) atoms. The molecule has 3 aromatic carbocycles. The van der Waals surface area contributed by atoms with Crippen molar-refractivity contribution < 1.29 is 0 Å². The molecule has 0 saturated carbocycles. The average Bonchev–Trinajstić information content (AvgIpc) is 3.52. The summed E-state index contributed by atoms with van der Waals surface area (Å²) in [6, 6.07) is 26.1. The van der Waals surface area contributed by atoms with Gasteiger partial charge in [-0.1, -0.05) is 77.1 Å². The summed E-state index contributed by atoms with van der Waals surface area (Å²) >= 11 is 6.48. The zero-order valence-corrected chi connectivity index (χ0v) is 22.8. The van der Waals surface area contributed by atoms with Crippen LogP contribution in [0.3, 0.4) is 0 Å². The van der Waals surface area contributed by atoms with E-state index in [1.54, 1.807) is 6.21 Å². The van der Waals surface area contributed by atoms with Crippen LogP contribution >= 0.6 is 23.6 Å². The summed E-state index contributed by atoms with van der Waals surface area (Å²) < 4.78 is 4.42. The van der Waals surface area contributed by atoms with E-state index in [0.717, 1.165) is 33.8 Å². The van der Waals surface area contributed by atoms with Crippen molar-refractivity contribution in [3.8, 4) is 22.6 Å². The summed E-state index contributed by atoms with van der Waals surface area (Å²) in [7, 11) is 0. The SMILES string of the molecule is Cc1ccc(-c2nn(-c3ccccc3)cc2/C=N/N=c2\sc3c(=O)[nH]c(=S)[nH]c3n2-c2ccc(C)cc2)cc1. The second-order valence-electron chi connectivity index (χ2n) is 9.07. The molecule has 0 spiro atoms. The molecule has 0 unspecified atom stereocenters. The van der Waals surface area contributed by atoms with Crippen LogP contribution in [-0.4, -0.2) is 30.5 Å². The topological polar surface area (TPSA) is 96.1 Å². The van der Waals surface area contributed by atoms with Crippen LogP contribution < -0.4 is 10.4 Å². The minimum absolute atomic E-state index is 0.247. The number of benzene rings is 3. The fraction of sp³-hybridized carbons (Fsp3) is 0.0690. The monoisotopic (exact) mass is 549 g/mol. The van der Waals surface area contributed by atoms with E-state index >= 15 is 0 Å². The molecule has 6 aromatic rings. The van der Waals surface area contributed by atoms with Gasteiger partial charge in [-0.05, 0) is 50.3 Å². The highest BCUT2D eigenvalue weighted by Crippen LogP contribution is 2.23. The van der Waals surface area contributed by atoms with Gasteiger partial charge in [0, 0.05) is 23.0 Å². The number of aromatic nitrogens is 5. The number of H-pyrrole nitrogens is 2. The lowest BCUT2D eigenvalue weighted by molar-refractivity contribution is 0.884. The number of aryl methyl sites for hydroxylation is 2. The Labute approximate surface area is 232 Å². The van der Waals surface area contributed by atoms with Gasteiger partial charge in [0.2, 0.25) is 4.80 Å². The Morgan fingerprint density at radius 3 is 2.31 bits per heavy atom. The number of para-hydroxylation sites is 1. The predicted octanol–water partition coefficient (Wildman–Crippen LogP) is 5.84. The zero-order chi connectivity index (χ0) is 26.9. The second-order valence-corrected chi connectivity index (χ2v) is 10.5. The van der Waals surface area contributed by atoms with Crippen LogP contribution in [0.2, 0.25) is 0 Å². The van der Waals surface area contributed by atoms with Crippen molar-refractivity contribution >= 4 is 40.1 Å². The van der Waals surface area contributed by atoms with Crippen LogP contribution in [0.4, 0.5) is 0 Å². The molecule has 2 N–H and O–H groups in total. The van der Waals surface area contributed by atoms with Crippen LogP contribution in [0.5, 0.6) is 0 Å². The molecule has 0 aliphatic heterocycles. The highest BCUT2D eigenvalue weighted by Gasteiger charge is 2.13. The second kappa shape index (κ2) is 10.2. The Morgan fingerprint density at radius 2 is 1.59 bits per heavy atom. The summed E-state index contributed by atoms with van der Waals surface area (Å²) in [5.74, 6) is 0. The lowest BCUT2D eigenvalue weighted by atomic mass is 10.1. The van der Waals surface area contributed by atoms with Gasteiger partial charge in [0.1, 0.15) is 16.0 Å². The highest BCUT2D eigenvalue weighted by molar-refractivity contribution is 7.71. The first-order chi connectivity index (χ1) is 19.0. The van der Waals surface area contributed by atoms with Gasteiger partial charge in [-0.3, -0.25) is 14.3 Å². The molecule has 0 aliphatic rings. The molecular formula is C29H23N7OS2. The number of rotatable bonds is 5. The van der Waals surface area contributed by atoms with Crippen LogP contribution in [-0.2, 0) is 0 Å². The molecule has 0 bridgehead atoms. The highest BCUT2D eigenvalue weighted by atomic mass is 32.1. The third-order valence-electron chi connectivity index (χ3n) is 6.21. The van der Waals surface area contributed by atoms with E-state index in [2.05, 4.69) is 39.2 Å². The van der Waals surface area contributed by atoms with Crippen molar-refractivity contribution in [3.05, 3.63) is 122 Å². The van der Waals surface area contributed by atoms with E-state index in [0.29, 0.717) is 15.1 Å². The van der Waals surface area contributed by atoms with Gasteiger partial charge in [0.25, 0.3) is 5.56 Å². The van der Waals surface area contributed by atoms with E-state index in [-0.39, 0.29) is 10.3 Å². The van der Waals surface area contributed by atoms with Crippen LogP contribution in [0.15, 0.2) is 100 Å². The number of nitrogens with one attached hydrogen (secondary N) is 2. The first-order valence-electron chi connectivity index (χ1n) is 12.2. The Morgan fingerprint density at radius 1 is 0.897 bits per heavy atom. The van der Waals surface area contributed by atoms with E-state index in [1.165, 1.54) is 16.9 Å². The number of hydrogen-bond acceptors (Lipinski definition) is 6. The summed E-state index contributed by atoms with van der Waals surface area (Å²) in [4.78, 5) is 19.0. The fourth-order valence-corrected chi connectivity index (χ4v) is 5.35. The van der Waals surface area contributed by atoms with Crippen molar-refractivity contribution in [1.82, 2.24) is 24.3 Å². The van der Waals surface area contributed by atoms with Gasteiger partial charge in [-0.15, -0.1) is 5.10 Å². The van der Waals surface area contributed by atoms with Gasteiger partial charge in [-0.25, -0.2) is 4.68 Å². The largest absolute Gasteiger partial charge is 0.317 e. The normalized spacial score (nSPS) is 12.1. The first-order valence-corrected chi connectivity index (χ1v) is 13.4. The molecule has 8 nitrogen and oxygen atoms in total. The van der Waals surface area contributed by atoms with Gasteiger partial charge in [-0.2, -0.15) is 10.2 Å². The molecule has 0 amide bonds. The lowest BCUT2D eigenvalue weighted by Crippen LogP contribution is -2.13. The molecule has 3 aromatic heterocycles. The molecule has 10 heteroatoms. The van der Waals surface area contributed by atoms with Gasteiger partial charge >= 0.3 is 0 Å². The Kier molecular flexibility index (Phi) is 6.47. The van der Waals surface area contributed by atoms with Crippen molar-refractivity contribution in [2.24, 2.45) is 10.2 Å². The van der Waals surface area contributed by atoms with Gasteiger partial charge < -0.3 is 4.98 Å². The lowest BCUT2D eigenvalue weighted by Gasteiger charge is -2.05. The van der Waals surface area contributed by atoms with Gasteiger partial charge in [0.15, 0.2) is 4.77 Å². The van der Waals surface area contributed by atoms with E-state index in [9.17, 15) is 4.79 Å². The Balaban J connectivity index is 1.50. The molecule has 0 fully saturated rings. The molecule has 192 valence electrons. The summed E-state index contributed by atoms with van der Waals surface area (Å²) in [5.41, 5.74) is 6.97. The predicted molar refractivity (Wildman–Crippen MR) is 159 cm³/mol. The number of fused-ring (bicyclic) bond motifs is 1. The van der Waals surface area contributed by atoms with Crippen molar-refractivity contribution in [3.63, 3.8) is 0 Å². The van der Waals surface area contributed by atoms with Crippen molar-refractivity contribution in [1.29, 1.82) is 0 Å². The quantitative estimate of drug-likeness (QED) is 0.161. The maximum Gasteiger partial charge on any atom is 0.271 e. The zero-order valence-electron chi connectivity index (χ0n) is 21.1. The molecule has 0 radical (unpaired) electrons. The minimum Gasteiger partial charge on any atom is -0.317 e. The summed E-state index contributed by atoms with van der Waals surface area (Å²) in [5, 5.41) is 13.9. The molecule has 0 atom stereocenters.